The Kier molecular flexibility index (Phi) is 7.48. The molecule has 3 aromatic rings. The highest BCUT2D eigenvalue weighted by Crippen LogP contribution is 2.31. The summed E-state index contributed by atoms with van der Waals surface area (Å²) in [5, 5.41) is 18.6. The molecule has 11 heteroatoms. The Hall–Kier alpha value is -3.88. The number of aliphatic carboxylic acids is 1. The lowest BCUT2D eigenvalue weighted by Crippen LogP contribution is -2.26. The van der Waals surface area contributed by atoms with Gasteiger partial charge in [0, 0.05) is 19.2 Å². The number of alkyl halides is 3. The molecule has 0 aliphatic rings. The molecule has 0 radical (unpaired) electrons. The first-order chi connectivity index (χ1) is 16.4. The van der Waals surface area contributed by atoms with Crippen LogP contribution in [0.15, 0.2) is 77.7 Å². The van der Waals surface area contributed by atoms with Crippen molar-refractivity contribution in [3.63, 3.8) is 0 Å². The third kappa shape index (κ3) is 6.17. The molecule has 0 aliphatic carbocycles. The molecule has 0 amide bonds. The van der Waals surface area contributed by atoms with E-state index in [1.807, 2.05) is 6.07 Å². The molecule has 0 aromatic heterocycles. The first kappa shape index (κ1) is 25.7. The monoisotopic (exact) mass is 504 g/mol. The van der Waals surface area contributed by atoms with Gasteiger partial charge in [-0.15, -0.1) is 0 Å². The van der Waals surface area contributed by atoms with Crippen LogP contribution in [0, 0.1) is 11.3 Å². The highest BCUT2D eigenvalue weighted by molar-refractivity contribution is 7.89. The number of carbonyl (C=O) groups is 1. The van der Waals surface area contributed by atoms with Gasteiger partial charge in [0.2, 0.25) is 16.1 Å². The second-order valence-electron chi connectivity index (χ2n) is 7.50. The van der Waals surface area contributed by atoms with Crippen molar-refractivity contribution >= 4 is 16.0 Å². The molecule has 1 N–H and O–H groups in total. The lowest BCUT2D eigenvalue weighted by atomic mass is 10.1. The van der Waals surface area contributed by atoms with E-state index in [1.165, 1.54) is 55.6 Å². The maximum absolute atomic E-state index is 13.0. The second-order valence-corrected chi connectivity index (χ2v) is 9.55. The molecule has 1 unspecified atom stereocenters. The van der Waals surface area contributed by atoms with Crippen molar-refractivity contribution in [1.82, 2.24) is 4.31 Å². The van der Waals surface area contributed by atoms with Gasteiger partial charge in [-0.3, -0.25) is 0 Å². The first-order valence-corrected chi connectivity index (χ1v) is 11.5. The zero-order valence-electron chi connectivity index (χ0n) is 18.2. The van der Waals surface area contributed by atoms with Gasteiger partial charge in [-0.05, 0) is 48.0 Å². The number of ether oxygens (including phenoxy) is 1. The third-order valence-electron chi connectivity index (χ3n) is 4.99. The summed E-state index contributed by atoms with van der Waals surface area (Å²) < 4.78 is 70.9. The van der Waals surface area contributed by atoms with Gasteiger partial charge in [-0.1, -0.05) is 30.3 Å². The van der Waals surface area contributed by atoms with E-state index < -0.39 is 38.7 Å². The highest BCUT2D eigenvalue weighted by Gasteiger charge is 2.32. The summed E-state index contributed by atoms with van der Waals surface area (Å²) >= 11 is 0. The molecule has 0 saturated heterocycles. The summed E-state index contributed by atoms with van der Waals surface area (Å²) in [5.74, 6) is -1.08. The molecule has 1 atom stereocenters. The van der Waals surface area contributed by atoms with Crippen molar-refractivity contribution in [3.8, 4) is 11.8 Å². The van der Waals surface area contributed by atoms with Crippen LogP contribution >= 0.6 is 0 Å². The molecule has 3 aromatic carbocycles. The highest BCUT2D eigenvalue weighted by atomic mass is 32.2. The summed E-state index contributed by atoms with van der Waals surface area (Å²) in [7, 11) is -2.97. The molecule has 0 fully saturated rings. The molecule has 3 rings (SSSR count). The van der Waals surface area contributed by atoms with E-state index >= 15 is 0 Å². The Morgan fingerprint density at radius 2 is 1.74 bits per heavy atom. The Morgan fingerprint density at radius 3 is 2.34 bits per heavy atom. The third-order valence-corrected chi connectivity index (χ3v) is 6.79. The SMILES string of the molecule is CN(Cc1ccc(OC(C(=O)O)c2cccc(C#N)c2)cc1)S(=O)(=O)c1cccc(C(F)(F)F)c1. The molecule has 0 heterocycles. The Bertz CT molecular complexity index is 1370. The van der Waals surface area contributed by atoms with Gasteiger partial charge in [-0.25, -0.2) is 13.2 Å². The molecule has 182 valence electrons. The van der Waals surface area contributed by atoms with Crippen molar-refractivity contribution in [3.05, 3.63) is 95.1 Å². The smallest absolute Gasteiger partial charge is 0.416 e. The number of nitrogens with zero attached hydrogens (tertiary/aromatic N) is 2. The van der Waals surface area contributed by atoms with Gasteiger partial charge in [0.15, 0.2) is 0 Å². The van der Waals surface area contributed by atoms with Gasteiger partial charge in [0.1, 0.15) is 5.75 Å². The summed E-state index contributed by atoms with van der Waals surface area (Å²) in [6.45, 7) is -0.147. The number of rotatable bonds is 8. The van der Waals surface area contributed by atoms with E-state index in [0.717, 1.165) is 22.5 Å². The van der Waals surface area contributed by atoms with Crippen LogP contribution in [-0.2, 0) is 27.5 Å². The molecule has 0 spiro atoms. The van der Waals surface area contributed by atoms with Gasteiger partial charge in [0.05, 0.1) is 22.1 Å². The Morgan fingerprint density at radius 1 is 1.09 bits per heavy atom. The van der Waals surface area contributed by atoms with E-state index in [4.69, 9.17) is 10.00 Å². The van der Waals surface area contributed by atoms with Crippen LogP contribution in [0.5, 0.6) is 5.75 Å². The maximum atomic E-state index is 13.0. The fourth-order valence-electron chi connectivity index (χ4n) is 3.20. The number of carboxylic acid groups (broad SMARTS) is 1. The summed E-state index contributed by atoms with van der Waals surface area (Å²) in [6.07, 6.45) is -6.05. The number of carboxylic acids is 1. The summed E-state index contributed by atoms with van der Waals surface area (Å²) in [4.78, 5) is 11.2. The van der Waals surface area contributed by atoms with Crippen molar-refractivity contribution in [2.75, 3.05) is 7.05 Å². The molecule has 0 bridgehead atoms. The number of sulfonamides is 1. The Balaban J connectivity index is 1.75. The average Bonchev–Trinajstić information content (AvgIpc) is 2.82. The summed E-state index contributed by atoms with van der Waals surface area (Å²) in [6, 6.07) is 17.3. The van der Waals surface area contributed by atoms with Gasteiger partial charge in [0.25, 0.3) is 0 Å². The van der Waals surface area contributed by atoms with E-state index in [2.05, 4.69) is 0 Å². The normalized spacial score (nSPS) is 12.7. The van der Waals surface area contributed by atoms with Crippen LogP contribution in [0.25, 0.3) is 0 Å². The Labute approximate surface area is 199 Å². The van der Waals surface area contributed by atoms with Crippen molar-refractivity contribution in [1.29, 1.82) is 5.26 Å². The van der Waals surface area contributed by atoms with Crippen molar-refractivity contribution in [2.24, 2.45) is 0 Å². The number of benzene rings is 3. The molecule has 0 saturated carbocycles. The predicted octanol–water partition coefficient (Wildman–Crippen LogP) is 4.60. The van der Waals surface area contributed by atoms with E-state index in [-0.39, 0.29) is 23.4 Å². The van der Waals surface area contributed by atoms with Crippen LogP contribution in [0.4, 0.5) is 13.2 Å². The van der Waals surface area contributed by atoms with Gasteiger partial charge < -0.3 is 9.84 Å². The molecule has 7 nitrogen and oxygen atoms in total. The standard InChI is InChI=1S/C24H19F3N2O5S/c1-29(35(32,33)21-7-3-6-19(13-21)24(25,26)27)15-16-8-10-20(11-9-16)34-22(23(30)31)18-5-2-4-17(12-18)14-28/h2-13,22H,15H2,1H3,(H,30,31). The van der Waals surface area contributed by atoms with E-state index in [9.17, 15) is 31.5 Å². The maximum Gasteiger partial charge on any atom is 0.416 e. The lowest BCUT2D eigenvalue weighted by molar-refractivity contribution is -0.145. The van der Waals surface area contributed by atoms with Crippen molar-refractivity contribution in [2.45, 2.75) is 23.7 Å². The number of nitriles is 1. The topological polar surface area (TPSA) is 108 Å². The zero-order valence-corrected chi connectivity index (χ0v) is 19.0. The minimum absolute atomic E-state index is 0.147. The van der Waals surface area contributed by atoms with Crippen molar-refractivity contribution < 1.29 is 36.2 Å². The quantitative estimate of drug-likeness (QED) is 0.480. The zero-order chi connectivity index (χ0) is 25.8. The minimum Gasteiger partial charge on any atom is -0.478 e. The fraction of sp³-hybridized carbons (Fsp3) is 0.167. The second kappa shape index (κ2) is 10.2. The lowest BCUT2D eigenvalue weighted by Gasteiger charge is -2.19. The van der Waals surface area contributed by atoms with Gasteiger partial charge in [-0.2, -0.15) is 22.7 Å². The largest absolute Gasteiger partial charge is 0.478 e. The van der Waals surface area contributed by atoms with Crippen LogP contribution in [-0.4, -0.2) is 30.8 Å². The predicted molar refractivity (Wildman–Crippen MR) is 119 cm³/mol. The van der Waals surface area contributed by atoms with E-state index in [1.54, 1.807) is 0 Å². The molecule has 0 aliphatic heterocycles. The van der Waals surface area contributed by atoms with E-state index in [0.29, 0.717) is 11.6 Å². The molecular weight excluding hydrogens is 485 g/mol. The fourth-order valence-corrected chi connectivity index (χ4v) is 4.40. The van der Waals surface area contributed by atoms with Crippen LogP contribution in [0.2, 0.25) is 0 Å². The van der Waals surface area contributed by atoms with Crippen LogP contribution < -0.4 is 4.74 Å². The minimum atomic E-state index is -4.68. The number of hydrogen-bond acceptors (Lipinski definition) is 5. The first-order valence-electron chi connectivity index (χ1n) is 10.0. The van der Waals surface area contributed by atoms with Crippen LogP contribution in [0.1, 0.15) is 28.4 Å². The van der Waals surface area contributed by atoms with Gasteiger partial charge >= 0.3 is 12.1 Å². The number of hydrogen-bond donors (Lipinski definition) is 1. The average molecular weight is 504 g/mol. The molecular formula is C24H19F3N2O5S. The summed E-state index contributed by atoms with van der Waals surface area (Å²) in [5.41, 5.74) is -0.0271. The van der Waals surface area contributed by atoms with Crippen LogP contribution in [0.3, 0.4) is 0 Å². The molecule has 35 heavy (non-hydrogen) atoms. The number of halogens is 3.